The molecule has 0 atom stereocenters. The number of amides is 1. The number of hydrogen-bond donors (Lipinski definition) is 2. The minimum absolute atomic E-state index is 0.0107. The summed E-state index contributed by atoms with van der Waals surface area (Å²) in [5.41, 5.74) is 1.88. The van der Waals surface area contributed by atoms with Crippen LogP contribution in [0.1, 0.15) is 12.0 Å². The van der Waals surface area contributed by atoms with Gasteiger partial charge in [0.25, 0.3) is 0 Å². The Morgan fingerprint density at radius 1 is 1.00 bits per heavy atom. The number of anilines is 1. The zero-order valence-electron chi connectivity index (χ0n) is 11.1. The van der Waals surface area contributed by atoms with E-state index in [1.165, 1.54) is 12.1 Å². The zero-order chi connectivity index (χ0) is 14.2. The Morgan fingerprint density at radius 3 is 2.40 bits per heavy atom. The highest BCUT2D eigenvalue weighted by Crippen LogP contribution is 2.07. The van der Waals surface area contributed by atoms with Gasteiger partial charge in [-0.05, 0) is 29.8 Å². The molecule has 2 N–H and O–H groups in total. The van der Waals surface area contributed by atoms with Crippen LogP contribution in [0, 0.1) is 5.82 Å². The highest BCUT2D eigenvalue weighted by atomic mass is 19.1. The van der Waals surface area contributed by atoms with Gasteiger partial charge in [0.05, 0.1) is 0 Å². The summed E-state index contributed by atoms with van der Waals surface area (Å²) in [6, 6.07) is 15.8. The summed E-state index contributed by atoms with van der Waals surface area (Å²) in [6.07, 6.45) is 0.379. The second-order valence-corrected chi connectivity index (χ2v) is 4.45. The van der Waals surface area contributed by atoms with Gasteiger partial charge in [0.15, 0.2) is 0 Å². The van der Waals surface area contributed by atoms with Crippen molar-refractivity contribution < 1.29 is 9.18 Å². The second-order valence-electron chi connectivity index (χ2n) is 4.45. The molecule has 0 unspecified atom stereocenters. The zero-order valence-corrected chi connectivity index (χ0v) is 11.1. The number of benzene rings is 2. The summed E-state index contributed by atoms with van der Waals surface area (Å²) in [5, 5.41) is 5.93. The van der Waals surface area contributed by atoms with Crippen LogP contribution >= 0.6 is 0 Å². The first-order chi connectivity index (χ1) is 9.74. The maximum Gasteiger partial charge on any atom is 0.222 e. The monoisotopic (exact) mass is 272 g/mol. The van der Waals surface area contributed by atoms with E-state index in [9.17, 15) is 9.18 Å². The largest absolute Gasteiger partial charge is 0.385 e. The van der Waals surface area contributed by atoms with Crippen LogP contribution in [-0.2, 0) is 11.3 Å². The van der Waals surface area contributed by atoms with Crippen LogP contribution in [0.15, 0.2) is 54.6 Å². The van der Waals surface area contributed by atoms with Gasteiger partial charge in [-0.3, -0.25) is 4.79 Å². The van der Waals surface area contributed by atoms with Crippen LogP contribution in [0.3, 0.4) is 0 Å². The fourth-order valence-corrected chi connectivity index (χ4v) is 1.77. The Kier molecular flexibility index (Phi) is 5.12. The first-order valence-electron chi connectivity index (χ1n) is 6.54. The van der Waals surface area contributed by atoms with Gasteiger partial charge in [0, 0.05) is 25.2 Å². The quantitative estimate of drug-likeness (QED) is 0.849. The molecule has 0 bridgehead atoms. The van der Waals surface area contributed by atoms with E-state index in [4.69, 9.17) is 0 Å². The Balaban J connectivity index is 1.66. The molecular formula is C16H17FN2O. The average molecular weight is 272 g/mol. The normalized spacial score (nSPS) is 10.1. The Hall–Kier alpha value is -2.36. The summed E-state index contributed by atoms with van der Waals surface area (Å²) in [5.74, 6) is -0.278. The van der Waals surface area contributed by atoms with E-state index in [0.29, 0.717) is 19.5 Å². The lowest BCUT2D eigenvalue weighted by atomic mass is 10.2. The molecule has 0 aliphatic carbocycles. The summed E-state index contributed by atoms with van der Waals surface area (Å²) in [4.78, 5) is 11.6. The minimum atomic E-state index is -0.267. The summed E-state index contributed by atoms with van der Waals surface area (Å²) in [7, 11) is 0. The van der Waals surface area contributed by atoms with Crippen LogP contribution < -0.4 is 10.6 Å². The molecule has 0 radical (unpaired) electrons. The lowest BCUT2D eigenvalue weighted by Crippen LogP contribution is -2.24. The molecule has 0 heterocycles. The third kappa shape index (κ3) is 4.72. The van der Waals surface area contributed by atoms with Crippen LogP contribution in [0.2, 0.25) is 0 Å². The van der Waals surface area contributed by atoms with E-state index in [1.807, 2.05) is 30.3 Å². The van der Waals surface area contributed by atoms with Gasteiger partial charge < -0.3 is 10.6 Å². The van der Waals surface area contributed by atoms with Crippen LogP contribution in [0.5, 0.6) is 0 Å². The van der Waals surface area contributed by atoms with Crippen molar-refractivity contribution in [2.75, 3.05) is 11.9 Å². The molecule has 20 heavy (non-hydrogen) atoms. The standard InChI is InChI=1S/C16H17FN2O/c17-14-6-8-15(9-7-14)18-11-10-16(20)19-12-13-4-2-1-3-5-13/h1-9,18H,10-12H2,(H,19,20). The molecule has 4 heteroatoms. The molecule has 0 aliphatic rings. The fraction of sp³-hybridized carbons (Fsp3) is 0.188. The number of hydrogen-bond acceptors (Lipinski definition) is 2. The van der Waals surface area contributed by atoms with Crippen molar-refractivity contribution in [2.45, 2.75) is 13.0 Å². The van der Waals surface area contributed by atoms with Crippen LogP contribution in [0.25, 0.3) is 0 Å². The molecule has 0 saturated carbocycles. The van der Waals surface area contributed by atoms with Crippen LogP contribution in [-0.4, -0.2) is 12.5 Å². The Morgan fingerprint density at radius 2 is 1.70 bits per heavy atom. The van der Waals surface area contributed by atoms with E-state index in [1.54, 1.807) is 12.1 Å². The van der Waals surface area contributed by atoms with Gasteiger partial charge >= 0.3 is 0 Å². The molecule has 2 rings (SSSR count). The molecule has 2 aromatic rings. The van der Waals surface area contributed by atoms with Gasteiger partial charge in [0.1, 0.15) is 5.82 Å². The van der Waals surface area contributed by atoms with Crippen molar-refractivity contribution >= 4 is 11.6 Å². The molecule has 1 amide bonds. The average Bonchev–Trinajstić information content (AvgIpc) is 2.48. The molecule has 0 aliphatic heterocycles. The molecule has 0 fully saturated rings. The van der Waals surface area contributed by atoms with Crippen molar-refractivity contribution in [3.63, 3.8) is 0 Å². The maximum atomic E-state index is 12.7. The van der Waals surface area contributed by atoms with Gasteiger partial charge in [-0.2, -0.15) is 0 Å². The molecule has 2 aromatic carbocycles. The third-order valence-corrected chi connectivity index (χ3v) is 2.86. The Labute approximate surface area is 117 Å². The van der Waals surface area contributed by atoms with Gasteiger partial charge in [-0.25, -0.2) is 4.39 Å². The number of rotatable bonds is 6. The highest BCUT2D eigenvalue weighted by molar-refractivity contribution is 5.76. The van der Waals surface area contributed by atoms with E-state index < -0.39 is 0 Å². The third-order valence-electron chi connectivity index (χ3n) is 2.86. The molecule has 104 valence electrons. The predicted molar refractivity (Wildman–Crippen MR) is 77.8 cm³/mol. The molecule has 0 spiro atoms. The second kappa shape index (κ2) is 7.28. The Bertz CT molecular complexity index is 540. The van der Waals surface area contributed by atoms with Gasteiger partial charge in [0.2, 0.25) is 5.91 Å². The van der Waals surface area contributed by atoms with E-state index >= 15 is 0 Å². The first-order valence-corrected chi connectivity index (χ1v) is 6.54. The SMILES string of the molecule is O=C(CCNc1ccc(F)cc1)NCc1ccccc1. The smallest absolute Gasteiger partial charge is 0.222 e. The van der Waals surface area contributed by atoms with Crippen molar-refractivity contribution in [3.05, 3.63) is 66.0 Å². The van der Waals surface area contributed by atoms with Gasteiger partial charge in [-0.15, -0.1) is 0 Å². The highest BCUT2D eigenvalue weighted by Gasteiger charge is 2.01. The minimum Gasteiger partial charge on any atom is -0.385 e. The molecule has 0 saturated heterocycles. The molecule has 3 nitrogen and oxygen atoms in total. The fourth-order valence-electron chi connectivity index (χ4n) is 1.77. The topological polar surface area (TPSA) is 41.1 Å². The first kappa shape index (κ1) is 14.1. The van der Waals surface area contributed by atoms with Crippen molar-refractivity contribution in [2.24, 2.45) is 0 Å². The van der Waals surface area contributed by atoms with Crippen molar-refractivity contribution in [1.82, 2.24) is 5.32 Å². The van der Waals surface area contributed by atoms with Gasteiger partial charge in [-0.1, -0.05) is 30.3 Å². The molecule has 0 aromatic heterocycles. The number of nitrogens with one attached hydrogen (secondary N) is 2. The van der Waals surface area contributed by atoms with E-state index in [-0.39, 0.29) is 11.7 Å². The van der Waals surface area contributed by atoms with Crippen molar-refractivity contribution in [3.8, 4) is 0 Å². The number of halogens is 1. The summed E-state index contributed by atoms with van der Waals surface area (Å²) >= 11 is 0. The number of carbonyl (C=O) groups is 1. The van der Waals surface area contributed by atoms with E-state index in [0.717, 1.165) is 11.3 Å². The van der Waals surface area contributed by atoms with E-state index in [2.05, 4.69) is 10.6 Å². The van der Waals surface area contributed by atoms with Crippen LogP contribution in [0.4, 0.5) is 10.1 Å². The lowest BCUT2D eigenvalue weighted by molar-refractivity contribution is -0.121. The lowest BCUT2D eigenvalue weighted by Gasteiger charge is -2.07. The molecular weight excluding hydrogens is 255 g/mol. The predicted octanol–water partition coefficient (Wildman–Crippen LogP) is 2.94. The maximum absolute atomic E-state index is 12.7. The van der Waals surface area contributed by atoms with Crippen molar-refractivity contribution in [1.29, 1.82) is 0 Å². The summed E-state index contributed by atoms with van der Waals surface area (Å²) < 4.78 is 12.7. The summed E-state index contributed by atoms with van der Waals surface area (Å²) in [6.45, 7) is 1.06. The number of carbonyl (C=O) groups excluding carboxylic acids is 1.